The van der Waals surface area contributed by atoms with Crippen LogP contribution in [-0.2, 0) is 10.2 Å². The Hall–Kier alpha value is -3.85. The highest BCUT2D eigenvalue weighted by atomic mass is 16.1. The van der Waals surface area contributed by atoms with Gasteiger partial charge in [-0.3, -0.25) is 4.79 Å². The van der Waals surface area contributed by atoms with Crippen LogP contribution in [0.1, 0.15) is 57.6 Å². The van der Waals surface area contributed by atoms with E-state index in [-0.39, 0.29) is 11.2 Å². The lowest BCUT2D eigenvalue weighted by Gasteiger charge is -2.26. The lowest BCUT2D eigenvalue weighted by Crippen LogP contribution is -2.26. The Morgan fingerprint density at radius 3 is 2.13 bits per heavy atom. The Morgan fingerprint density at radius 2 is 1.46 bits per heavy atom. The first-order valence-electron chi connectivity index (χ1n) is 14.1. The SMILES string of the molecule is C=CCCN1/C(=C/C=C/C(=O)/C=C/C=C2/N(CCC=C)c3ccccc3C2(C)C)C(C(C)C)c2ccccc21. The van der Waals surface area contributed by atoms with Crippen molar-refractivity contribution in [2.24, 2.45) is 5.92 Å². The molecule has 2 aliphatic rings. The molecule has 0 amide bonds. The van der Waals surface area contributed by atoms with Crippen molar-refractivity contribution in [3.63, 3.8) is 0 Å². The molecule has 0 fully saturated rings. The molecule has 39 heavy (non-hydrogen) atoms. The van der Waals surface area contributed by atoms with Crippen molar-refractivity contribution in [1.29, 1.82) is 0 Å². The smallest absolute Gasteiger partial charge is 0.178 e. The van der Waals surface area contributed by atoms with Crippen LogP contribution in [0.2, 0.25) is 0 Å². The van der Waals surface area contributed by atoms with E-state index < -0.39 is 0 Å². The molecular formula is C36H42N2O. The summed E-state index contributed by atoms with van der Waals surface area (Å²) in [7, 11) is 0. The molecule has 1 atom stereocenters. The molecule has 0 saturated carbocycles. The predicted octanol–water partition coefficient (Wildman–Crippen LogP) is 8.65. The molecule has 0 spiro atoms. The Morgan fingerprint density at radius 1 is 0.872 bits per heavy atom. The average molecular weight is 519 g/mol. The quantitative estimate of drug-likeness (QED) is 0.220. The fraction of sp³-hybridized carbons (Fsp3) is 0.306. The fourth-order valence-electron chi connectivity index (χ4n) is 5.96. The van der Waals surface area contributed by atoms with E-state index in [1.807, 2.05) is 24.3 Å². The van der Waals surface area contributed by atoms with Crippen LogP contribution in [0.15, 0.2) is 122 Å². The average Bonchev–Trinajstić information content (AvgIpc) is 3.34. The monoisotopic (exact) mass is 518 g/mol. The van der Waals surface area contributed by atoms with Crippen LogP contribution >= 0.6 is 0 Å². The number of fused-ring (bicyclic) bond motifs is 2. The zero-order valence-corrected chi connectivity index (χ0v) is 23.9. The van der Waals surface area contributed by atoms with Gasteiger partial charge in [0.2, 0.25) is 0 Å². The van der Waals surface area contributed by atoms with Gasteiger partial charge in [0, 0.05) is 47.2 Å². The first-order chi connectivity index (χ1) is 18.8. The van der Waals surface area contributed by atoms with Gasteiger partial charge in [-0.15, -0.1) is 13.2 Å². The van der Waals surface area contributed by atoms with Gasteiger partial charge in [-0.25, -0.2) is 0 Å². The number of anilines is 2. The summed E-state index contributed by atoms with van der Waals surface area (Å²) in [5, 5.41) is 0. The van der Waals surface area contributed by atoms with Gasteiger partial charge in [-0.1, -0.05) is 88.4 Å². The second kappa shape index (κ2) is 12.3. The highest BCUT2D eigenvalue weighted by Gasteiger charge is 2.39. The number of carbonyl (C=O) groups excluding carboxylic acids is 1. The van der Waals surface area contributed by atoms with Crippen molar-refractivity contribution in [1.82, 2.24) is 0 Å². The van der Waals surface area contributed by atoms with Gasteiger partial charge in [-0.2, -0.15) is 0 Å². The lowest BCUT2D eigenvalue weighted by molar-refractivity contribution is -0.110. The van der Waals surface area contributed by atoms with Gasteiger partial charge in [0.15, 0.2) is 5.78 Å². The van der Waals surface area contributed by atoms with Crippen molar-refractivity contribution in [3.8, 4) is 0 Å². The Labute approximate surface area is 235 Å². The third-order valence-electron chi connectivity index (χ3n) is 7.81. The highest BCUT2D eigenvalue weighted by Crippen LogP contribution is 2.48. The topological polar surface area (TPSA) is 23.6 Å². The standard InChI is InChI=1S/C36H42N2O/c1-7-9-25-37-31-21-13-11-19-29(31)35(27(3)4)33(37)23-15-17-28(39)18-16-24-34-36(5,6)30-20-12-14-22-32(30)38(34)26-10-8-2/h7-8,11-24,27,35H,1-2,9-10,25-26H2,3-6H3/b17-15+,18-16+,33-23+,34-24+. The normalized spacial score (nSPS) is 20.0. The minimum absolute atomic E-state index is 0.0242. The summed E-state index contributed by atoms with van der Waals surface area (Å²) in [6.07, 6.45) is 17.0. The van der Waals surface area contributed by atoms with Crippen molar-refractivity contribution in [3.05, 3.63) is 133 Å². The van der Waals surface area contributed by atoms with E-state index in [9.17, 15) is 4.79 Å². The molecule has 2 aliphatic heterocycles. The molecule has 3 heteroatoms. The summed E-state index contributed by atoms with van der Waals surface area (Å²) in [5.41, 5.74) is 7.47. The lowest BCUT2D eigenvalue weighted by atomic mass is 9.84. The Balaban J connectivity index is 1.54. The molecule has 0 N–H and O–H groups in total. The minimum atomic E-state index is -0.135. The van der Waals surface area contributed by atoms with E-state index >= 15 is 0 Å². The Kier molecular flexibility index (Phi) is 8.91. The van der Waals surface area contributed by atoms with Crippen LogP contribution in [0.25, 0.3) is 0 Å². The summed E-state index contributed by atoms with van der Waals surface area (Å²) in [6.45, 7) is 18.6. The summed E-state index contributed by atoms with van der Waals surface area (Å²) in [5.74, 6) is 0.729. The summed E-state index contributed by atoms with van der Waals surface area (Å²) in [4.78, 5) is 17.6. The van der Waals surface area contributed by atoms with Crippen LogP contribution in [0.3, 0.4) is 0 Å². The van der Waals surface area contributed by atoms with Crippen molar-refractivity contribution in [2.75, 3.05) is 22.9 Å². The van der Waals surface area contributed by atoms with E-state index in [0.717, 1.165) is 25.9 Å². The molecule has 0 aliphatic carbocycles. The van der Waals surface area contributed by atoms with Crippen LogP contribution in [0, 0.1) is 5.92 Å². The minimum Gasteiger partial charge on any atom is -0.344 e. The van der Waals surface area contributed by atoms with E-state index in [1.165, 1.54) is 33.9 Å². The van der Waals surface area contributed by atoms with Crippen LogP contribution < -0.4 is 9.80 Å². The number of ketones is 1. The maximum absolute atomic E-state index is 12.8. The molecule has 1 unspecified atom stereocenters. The molecule has 4 rings (SSSR count). The molecule has 2 aromatic carbocycles. The van der Waals surface area contributed by atoms with Gasteiger partial charge in [0.05, 0.1) is 0 Å². The zero-order valence-electron chi connectivity index (χ0n) is 23.9. The number of hydrogen-bond acceptors (Lipinski definition) is 3. The first-order valence-corrected chi connectivity index (χ1v) is 14.1. The molecule has 0 saturated heterocycles. The van der Waals surface area contributed by atoms with Crippen LogP contribution in [0.5, 0.6) is 0 Å². The van der Waals surface area contributed by atoms with E-state index in [0.29, 0.717) is 11.8 Å². The Bertz CT molecular complexity index is 1340. The van der Waals surface area contributed by atoms with Crippen LogP contribution in [0.4, 0.5) is 11.4 Å². The van der Waals surface area contributed by atoms with Gasteiger partial charge >= 0.3 is 0 Å². The second-order valence-electron chi connectivity index (χ2n) is 11.1. The molecular weight excluding hydrogens is 476 g/mol. The molecule has 2 heterocycles. The van der Waals surface area contributed by atoms with Crippen molar-refractivity contribution in [2.45, 2.75) is 51.9 Å². The van der Waals surface area contributed by atoms with Gasteiger partial charge in [-0.05, 0) is 66.3 Å². The summed E-state index contributed by atoms with van der Waals surface area (Å²) >= 11 is 0. The van der Waals surface area contributed by atoms with E-state index in [2.05, 4.69) is 111 Å². The van der Waals surface area contributed by atoms with E-state index in [1.54, 1.807) is 12.2 Å². The molecule has 0 radical (unpaired) electrons. The maximum Gasteiger partial charge on any atom is 0.178 e. The number of nitrogens with zero attached hydrogens (tertiary/aromatic N) is 2. The third kappa shape index (κ3) is 5.78. The molecule has 202 valence electrons. The zero-order chi connectivity index (χ0) is 28.0. The first kappa shape index (κ1) is 28.2. The third-order valence-corrected chi connectivity index (χ3v) is 7.81. The van der Waals surface area contributed by atoms with Gasteiger partial charge in [0.1, 0.15) is 0 Å². The summed E-state index contributed by atoms with van der Waals surface area (Å²) in [6, 6.07) is 17.2. The van der Waals surface area contributed by atoms with Gasteiger partial charge in [0.25, 0.3) is 0 Å². The van der Waals surface area contributed by atoms with Crippen molar-refractivity contribution < 1.29 is 4.79 Å². The molecule has 0 aromatic heterocycles. The molecule has 3 nitrogen and oxygen atoms in total. The van der Waals surface area contributed by atoms with E-state index in [4.69, 9.17) is 0 Å². The largest absolute Gasteiger partial charge is 0.344 e. The number of benzene rings is 2. The maximum atomic E-state index is 12.8. The van der Waals surface area contributed by atoms with Crippen LogP contribution in [-0.4, -0.2) is 18.9 Å². The molecule has 2 aromatic rings. The number of hydrogen-bond donors (Lipinski definition) is 0. The number of carbonyl (C=O) groups is 1. The second-order valence-corrected chi connectivity index (χ2v) is 11.1. The highest BCUT2D eigenvalue weighted by molar-refractivity contribution is 5.99. The number of allylic oxidation sites excluding steroid dienone is 8. The summed E-state index contributed by atoms with van der Waals surface area (Å²) < 4.78 is 0. The fourth-order valence-corrected chi connectivity index (χ4v) is 5.96. The predicted molar refractivity (Wildman–Crippen MR) is 167 cm³/mol. The number of para-hydroxylation sites is 2. The van der Waals surface area contributed by atoms with Crippen molar-refractivity contribution >= 4 is 17.2 Å². The molecule has 0 bridgehead atoms. The number of rotatable bonds is 11. The van der Waals surface area contributed by atoms with Gasteiger partial charge < -0.3 is 9.80 Å².